The third-order valence-corrected chi connectivity index (χ3v) is 16.2. The molecular weight excluding hydrogens is 885 g/mol. The summed E-state index contributed by atoms with van der Waals surface area (Å²) >= 11 is 1.78. The second kappa shape index (κ2) is 14.6. The first kappa shape index (κ1) is 39.6. The molecule has 0 aliphatic carbocycles. The number of thiophene rings is 1. The molecule has 0 aliphatic heterocycles. The van der Waals surface area contributed by atoms with Gasteiger partial charge in [-0.15, -0.1) is 11.3 Å². The molecule has 6 nitrogen and oxygen atoms in total. The van der Waals surface area contributed by atoms with Crippen LogP contribution in [0, 0.1) is 36.5 Å². The normalized spacial score (nSPS) is 12.1. The number of para-hydroxylation sites is 6. The van der Waals surface area contributed by atoms with Crippen molar-refractivity contribution in [2.75, 3.05) is 0 Å². The van der Waals surface area contributed by atoms with Crippen molar-refractivity contribution >= 4 is 119 Å². The van der Waals surface area contributed by atoms with E-state index in [2.05, 4.69) is 238 Å². The fourth-order valence-corrected chi connectivity index (χ4v) is 13.5. The van der Waals surface area contributed by atoms with Crippen LogP contribution in [0.3, 0.4) is 0 Å². The molecule has 0 spiro atoms. The summed E-state index contributed by atoms with van der Waals surface area (Å²) in [7, 11) is 0. The number of rotatable bonds is 4. The Morgan fingerprint density at radius 2 is 0.690 bits per heavy atom. The summed E-state index contributed by atoms with van der Waals surface area (Å²) in [6.07, 6.45) is 0. The van der Waals surface area contributed by atoms with Crippen molar-refractivity contribution in [2.24, 2.45) is 0 Å². The Labute approximate surface area is 410 Å². The Balaban J connectivity index is 1.30. The van der Waals surface area contributed by atoms with Gasteiger partial charge in [-0.05, 0) is 67.9 Å². The number of benzene rings is 10. The maximum atomic E-state index is 12.7. The van der Waals surface area contributed by atoms with Gasteiger partial charge < -0.3 is 18.3 Å². The highest BCUT2D eigenvalue weighted by atomic mass is 32.1. The van der Waals surface area contributed by atoms with Gasteiger partial charge in [0.25, 0.3) is 0 Å². The summed E-state index contributed by atoms with van der Waals surface area (Å²) < 4.78 is 11.5. The molecule has 71 heavy (non-hydrogen) atoms. The lowest BCUT2D eigenvalue weighted by Crippen LogP contribution is -2.17. The monoisotopic (exact) mass is 922 g/mol. The van der Waals surface area contributed by atoms with E-state index in [4.69, 9.17) is 0 Å². The molecule has 0 radical (unpaired) electrons. The fraction of sp³-hybridized carbons (Fsp3) is 0.0312. The summed E-state index contributed by atoms with van der Waals surface area (Å²) in [5, 5.41) is 36.2. The predicted octanol–water partition coefficient (Wildman–Crippen LogP) is 16.8. The van der Waals surface area contributed by atoms with E-state index in [-0.39, 0.29) is 0 Å². The number of hydrogen-bond acceptors (Lipinski definition) is 3. The highest BCUT2D eigenvalue weighted by molar-refractivity contribution is 7.26. The number of fused-ring (bicyclic) bond motifs is 16. The van der Waals surface area contributed by atoms with E-state index in [1.807, 2.05) is 0 Å². The van der Waals surface area contributed by atoms with E-state index < -0.39 is 0 Å². The maximum Gasteiger partial charge on any atom is 0.104 e. The van der Waals surface area contributed by atoms with E-state index in [1.165, 1.54) is 10.1 Å². The van der Waals surface area contributed by atoms with Crippen LogP contribution in [-0.4, -0.2) is 18.3 Å². The molecule has 0 aliphatic rings. The smallest absolute Gasteiger partial charge is 0.104 e. The zero-order chi connectivity index (χ0) is 47.2. The minimum absolute atomic E-state index is 0.442. The lowest BCUT2D eigenvalue weighted by molar-refractivity contribution is 1.02. The van der Waals surface area contributed by atoms with Crippen LogP contribution in [0.4, 0.5) is 0 Å². The molecule has 7 heteroatoms. The summed E-state index contributed by atoms with van der Waals surface area (Å²) in [6, 6.07) is 74.4. The molecule has 0 fully saturated rings. The van der Waals surface area contributed by atoms with Crippen LogP contribution in [0.25, 0.3) is 130 Å². The molecule has 15 rings (SSSR count). The third kappa shape index (κ3) is 5.17. The SMILES string of the molecule is Cc1cc(C)c2c(c1)c1ccc3c4ccccc4sc3c1n2-c1c(C#N)c(-n2c3ccccc3c3ccccc32)c(-n2c3ccccc3c3ccccc32)c(C#N)c1-n1c2ccccc2c2ccccc21. The number of aromatic nitrogens is 4. The Morgan fingerprint density at radius 1 is 0.338 bits per heavy atom. The fourth-order valence-electron chi connectivity index (χ4n) is 12.3. The topological polar surface area (TPSA) is 67.3 Å². The summed E-state index contributed by atoms with van der Waals surface area (Å²) in [6.45, 7) is 4.34. The Hall–Kier alpha value is -9.40. The number of nitrogens with zero attached hydrogens (tertiary/aromatic N) is 6. The molecular formula is C64H38N6S. The van der Waals surface area contributed by atoms with Crippen molar-refractivity contribution in [3.63, 3.8) is 0 Å². The van der Waals surface area contributed by atoms with Crippen LogP contribution in [0.2, 0.25) is 0 Å². The molecule has 0 atom stereocenters. The average molecular weight is 923 g/mol. The first-order chi connectivity index (χ1) is 35.0. The molecule has 0 amide bonds. The quantitative estimate of drug-likeness (QED) is 0.176. The Bertz CT molecular complexity index is 4780. The van der Waals surface area contributed by atoms with Gasteiger partial charge in [0.05, 0.1) is 71.6 Å². The van der Waals surface area contributed by atoms with Gasteiger partial charge >= 0.3 is 0 Å². The van der Waals surface area contributed by atoms with Gasteiger partial charge in [0.2, 0.25) is 0 Å². The van der Waals surface area contributed by atoms with E-state index in [9.17, 15) is 10.5 Å². The van der Waals surface area contributed by atoms with Gasteiger partial charge in [-0.1, -0.05) is 151 Å². The first-order valence-electron chi connectivity index (χ1n) is 23.9. The number of nitriles is 2. The molecule has 0 N–H and O–H groups in total. The first-order valence-corrected chi connectivity index (χ1v) is 24.7. The number of aryl methyl sites for hydroxylation is 2. The summed E-state index contributed by atoms with van der Waals surface area (Å²) in [5.74, 6) is 0. The molecule has 15 aromatic rings. The van der Waals surface area contributed by atoms with E-state index in [0.29, 0.717) is 33.9 Å². The van der Waals surface area contributed by atoms with Crippen molar-refractivity contribution in [2.45, 2.75) is 13.8 Å². The van der Waals surface area contributed by atoms with E-state index >= 15 is 0 Å². The van der Waals surface area contributed by atoms with Crippen LogP contribution in [0.1, 0.15) is 22.3 Å². The van der Waals surface area contributed by atoms with E-state index in [1.54, 1.807) is 11.3 Å². The molecule has 0 saturated heterocycles. The highest BCUT2D eigenvalue weighted by Gasteiger charge is 2.35. The zero-order valence-electron chi connectivity index (χ0n) is 38.6. The van der Waals surface area contributed by atoms with Gasteiger partial charge in [-0.25, -0.2) is 0 Å². The minimum atomic E-state index is 0.442. The van der Waals surface area contributed by atoms with Crippen LogP contribution in [0.15, 0.2) is 194 Å². The molecule has 0 saturated carbocycles. The maximum absolute atomic E-state index is 12.7. The second-order valence-corrected chi connectivity index (χ2v) is 19.8. The minimum Gasteiger partial charge on any atom is -0.306 e. The number of hydrogen-bond donors (Lipinski definition) is 0. The van der Waals surface area contributed by atoms with Crippen LogP contribution in [-0.2, 0) is 0 Å². The van der Waals surface area contributed by atoms with Gasteiger partial charge in [-0.2, -0.15) is 10.5 Å². The highest BCUT2D eigenvalue weighted by Crippen LogP contribution is 2.51. The summed E-state index contributed by atoms with van der Waals surface area (Å²) in [4.78, 5) is 0. The lowest BCUT2D eigenvalue weighted by Gasteiger charge is -2.27. The molecule has 5 aromatic heterocycles. The van der Waals surface area contributed by atoms with Gasteiger partial charge in [0.15, 0.2) is 0 Å². The van der Waals surface area contributed by atoms with Crippen LogP contribution >= 0.6 is 11.3 Å². The Morgan fingerprint density at radius 3 is 1.10 bits per heavy atom. The van der Waals surface area contributed by atoms with Crippen molar-refractivity contribution < 1.29 is 0 Å². The average Bonchev–Trinajstić information content (AvgIpc) is 4.21. The summed E-state index contributed by atoms with van der Waals surface area (Å²) in [5.41, 5.74) is 13.3. The van der Waals surface area contributed by atoms with Gasteiger partial charge in [0.1, 0.15) is 23.3 Å². The second-order valence-electron chi connectivity index (χ2n) is 18.7. The van der Waals surface area contributed by atoms with Crippen molar-refractivity contribution in [3.8, 4) is 34.9 Å². The van der Waals surface area contributed by atoms with Crippen molar-refractivity contribution in [1.82, 2.24) is 18.3 Å². The third-order valence-electron chi connectivity index (χ3n) is 15.0. The largest absolute Gasteiger partial charge is 0.306 e. The molecule has 10 aromatic carbocycles. The van der Waals surface area contributed by atoms with Gasteiger partial charge in [0, 0.05) is 58.6 Å². The van der Waals surface area contributed by atoms with Crippen LogP contribution < -0.4 is 0 Å². The molecule has 0 bridgehead atoms. The lowest BCUT2D eigenvalue weighted by atomic mass is 9.98. The van der Waals surface area contributed by atoms with E-state index in [0.717, 1.165) is 108 Å². The zero-order valence-corrected chi connectivity index (χ0v) is 39.4. The van der Waals surface area contributed by atoms with Gasteiger partial charge in [-0.3, -0.25) is 0 Å². The van der Waals surface area contributed by atoms with Crippen molar-refractivity contribution in [1.29, 1.82) is 10.5 Å². The van der Waals surface area contributed by atoms with Crippen molar-refractivity contribution in [3.05, 3.63) is 216 Å². The molecule has 0 unspecified atom stereocenters. The predicted molar refractivity (Wildman–Crippen MR) is 296 cm³/mol. The standard InChI is InChI=1S/C64H38N6S/c1-37-33-38(2)58-48(34-37)46-31-32-47-45-23-9-16-30-57(45)71-64(47)63(46)70(58)62-50(36-66)60(68-53-26-12-5-19-41(53)42-20-6-13-27-54(42)68)59(67-51-24-10-3-17-39(51)40-18-4-11-25-52(40)67)49(35-65)61(62)69-55-28-14-7-21-43(55)44-22-8-15-29-56(44)69/h3-34H,1-2H3. The Kier molecular flexibility index (Phi) is 8.12. The van der Waals surface area contributed by atoms with Crippen LogP contribution in [0.5, 0.6) is 0 Å². The molecule has 5 heterocycles. The molecule has 330 valence electrons.